The van der Waals surface area contributed by atoms with Crippen LogP contribution < -0.4 is 0 Å². The van der Waals surface area contributed by atoms with Crippen LogP contribution in [0.4, 0.5) is 0 Å². The molecule has 70 valence electrons. The highest BCUT2D eigenvalue weighted by atomic mass is 16.1. The van der Waals surface area contributed by atoms with Crippen LogP contribution in [0.3, 0.4) is 0 Å². The van der Waals surface area contributed by atoms with E-state index in [0.29, 0.717) is 6.54 Å². The first-order chi connectivity index (χ1) is 6.05. The smallest absolute Gasteiger partial charge is 0.235 e. The topological polar surface area (TPSA) is 58.1 Å². The van der Waals surface area contributed by atoms with E-state index in [0.717, 1.165) is 11.3 Å². The minimum Gasteiger partial charge on any atom is -0.282 e. The summed E-state index contributed by atoms with van der Waals surface area (Å²) in [6.07, 6.45) is 3.21. The van der Waals surface area contributed by atoms with E-state index in [1.54, 1.807) is 6.20 Å². The van der Waals surface area contributed by atoms with Gasteiger partial charge in [0.2, 0.25) is 6.08 Å². The molecule has 0 aliphatic rings. The predicted octanol–water partition coefficient (Wildman–Crippen LogP) is 1.54. The first-order valence-corrected chi connectivity index (χ1v) is 4.12. The minimum absolute atomic E-state index is 0.00420. The summed E-state index contributed by atoms with van der Waals surface area (Å²) in [5, 5.41) is 6.84. The molecule has 1 aromatic heterocycles. The number of aromatic nitrogens is 2. The third-order valence-electron chi connectivity index (χ3n) is 1.78. The lowest BCUT2D eigenvalue weighted by Crippen LogP contribution is -2.14. The number of aromatic amines is 1. The van der Waals surface area contributed by atoms with Gasteiger partial charge in [-0.1, -0.05) is 20.8 Å². The van der Waals surface area contributed by atoms with Crippen molar-refractivity contribution in [2.24, 2.45) is 4.99 Å². The van der Waals surface area contributed by atoms with E-state index in [9.17, 15) is 4.79 Å². The van der Waals surface area contributed by atoms with Crippen molar-refractivity contribution < 1.29 is 4.79 Å². The summed E-state index contributed by atoms with van der Waals surface area (Å²) in [5.41, 5.74) is 1.98. The van der Waals surface area contributed by atoms with E-state index in [-0.39, 0.29) is 5.41 Å². The van der Waals surface area contributed by atoms with Crippen molar-refractivity contribution in [3.8, 4) is 0 Å². The van der Waals surface area contributed by atoms with Gasteiger partial charge in [-0.15, -0.1) is 0 Å². The fraction of sp³-hybridized carbons (Fsp3) is 0.556. The zero-order valence-electron chi connectivity index (χ0n) is 8.09. The Morgan fingerprint density at radius 2 is 2.31 bits per heavy atom. The van der Waals surface area contributed by atoms with Crippen LogP contribution >= 0.6 is 0 Å². The Bertz CT molecular complexity index is 329. The Hall–Kier alpha value is -1.41. The van der Waals surface area contributed by atoms with Crippen LogP contribution in [0.15, 0.2) is 11.2 Å². The molecule has 4 heteroatoms. The van der Waals surface area contributed by atoms with Gasteiger partial charge in [-0.25, -0.2) is 9.79 Å². The number of hydrogen-bond acceptors (Lipinski definition) is 3. The molecule has 4 nitrogen and oxygen atoms in total. The van der Waals surface area contributed by atoms with E-state index in [1.807, 2.05) is 0 Å². The van der Waals surface area contributed by atoms with Gasteiger partial charge in [0.25, 0.3) is 0 Å². The molecular weight excluding hydrogens is 166 g/mol. The highest BCUT2D eigenvalue weighted by molar-refractivity contribution is 5.34. The van der Waals surface area contributed by atoms with Gasteiger partial charge in [-0.2, -0.15) is 5.10 Å². The number of hydrogen-bond donors (Lipinski definition) is 1. The van der Waals surface area contributed by atoms with Crippen molar-refractivity contribution in [2.45, 2.75) is 32.7 Å². The lowest BCUT2D eigenvalue weighted by atomic mass is 9.90. The number of rotatable bonds is 2. The summed E-state index contributed by atoms with van der Waals surface area (Å²) in [7, 11) is 0. The molecule has 0 saturated carbocycles. The van der Waals surface area contributed by atoms with Gasteiger partial charge < -0.3 is 0 Å². The van der Waals surface area contributed by atoms with E-state index < -0.39 is 0 Å². The molecule has 0 aliphatic carbocycles. The Labute approximate surface area is 77.1 Å². The van der Waals surface area contributed by atoms with Gasteiger partial charge in [0.05, 0.1) is 12.7 Å². The van der Waals surface area contributed by atoms with Crippen LogP contribution in [-0.2, 0) is 16.8 Å². The Kier molecular flexibility index (Phi) is 2.63. The second kappa shape index (κ2) is 3.54. The van der Waals surface area contributed by atoms with Gasteiger partial charge in [0.1, 0.15) is 0 Å². The standard InChI is InChI=1S/C9H13N3O/c1-9(2,3)8-7(4-10-6-13)5-11-12-8/h5H,4H2,1-3H3,(H,11,12). The van der Waals surface area contributed by atoms with Crippen LogP contribution in [0.5, 0.6) is 0 Å². The molecule has 0 radical (unpaired) electrons. The average Bonchev–Trinajstić information content (AvgIpc) is 2.47. The van der Waals surface area contributed by atoms with Crippen LogP contribution in [0, 0.1) is 0 Å². The normalized spacial score (nSPS) is 11.0. The number of nitrogens with zero attached hydrogens (tertiary/aromatic N) is 2. The molecule has 0 aliphatic heterocycles. The molecule has 0 fully saturated rings. The summed E-state index contributed by atoms with van der Waals surface area (Å²) < 4.78 is 0. The lowest BCUT2D eigenvalue weighted by Gasteiger charge is -2.17. The number of aliphatic imine (C=N–C) groups is 1. The van der Waals surface area contributed by atoms with Gasteiger partial charge >= 0.3 is 0 Å². The zero-order valence-corrected chi connectivity index (χ0v) is 8.09. The zero-order chi connectivity index (χ0) is 9.90. The molecule has 0 amide bonds. The molecule has 1 rings (SSSR count). The number of nitrogens with one attached hydrogen (secondary N) is 1. The fourth-order valence-electron chi connectivity index (χ4n) is 1.20. The summed E-state index contributed by atoms with van der Waals surface area (Å²) in [5.74, 6) is 0. The van der Waals surface area contributed by atoms with Crippen LogP contribution in [0.1, 0.15) is 32.0 Å². The molecule has 0 bridgehead atoms. The Morgan fingerprint density at radius 1 is 1.62 bits per heavy atom. The second-order valence-corrected chi connectivity index (χ2v) is 3.93. The largest absolute Gasteiger partial charge is 0.282 e. The monoisotopic (exact) mass is 179 g/mol. The lowest BCUT2D eigenvalue weighted by molar-refractivity contribution is 0.555. The van der Waals surface area contributed by atoms with Crippen LogP contribution in [-0.4, -0.2) is 16.3 Å². The van der Waals surface area contributed by atoms with E-state index in [4.69, 9.17) is 0 Å². The van der Waals surface area contributed by atoms with Crippen molar-refractivity contribution in [3.05, 3.63) is 17.5 Å². The molecule has 0 saturated heterocycles. The number of isocyanates is 1. The highest BCUT2D eigenvalue weighted by Gasteiger charge is 2.19. The van der Waals surface area contributed by atoms with Crippen molar-refractivity contribution >= 4 is 6.08 Å². The van der Waals surface area contributed by atoms with Gasteiger partial charge in [-0.05, 0) is 0 Å². The maximum Gasteiger partial charge on any atom is 0.235 e. The first kappa shape index (κ1) is 9.68. The van der Waals surface area contributed by atoms with Crippen LogP contribution in [0.25, 0.3) is 0 Å². The van der Waals surface area contributed by atoms with Gasteiger partial charge in [-0.3, -0.25) is 5.10 Å². The average molecular weight is 179 g/mol. The highest BCUT2D eigenvalue weighted by Crippen LogP contribution is 2.23. The van der Waals surface area contributed by atoms with E-state index in [2.05, 4.69) is 36.0 Å². The number of carbonyl (C=O) groups excluding carboxylic acids is 1. The maximum atomic E-state index is 9.94. The minimum atomic E-state index is 0.00420. The molecule has 0 spiro atoms. The molecule has 1 N–H and O–H groups in total. The summed E-state index contributed by atoms with van der Waals surface area (Å²) in [4.78, 5) is 13.5. The molecule has 1 aromatic rings. The molecule has 0 unspecified atom stereocenters. The Morgan fingerprint density at radius 3 is 2.85 bits per heavy atom. The SMILES string of the molecule is CC(C)(C)c1[nH]ncc1CN=C=O. The molecule has 0 atom stereocenters. The molecule has 13 heavy (non-hydrogen) atoms. The van der Waals surface area contributed by atoms with Crippen molar-refractivity contribution in [1.29, 1.82) is 0 Å². The summed E-state index contributed by atoms with van der Waals surface area (Å²) >= 11 is 0. The first-order valence-electron chi connectivity index (χ1n) is 4.12. The van der Waals surface area contributed by atoms with Crippen LogP contribution in [0.2, 0.25) is 0 Å². The number of H-pyrrole nitrogens is 1. The van der Waals surface area contributed by atoms with Gasteiger partial charge in [0.15, 0.2) is 0 Å². The predicted molar refractivity (Wildman–Crippen MR) is 49.1 cm³/mol. The Balaban J connectivity index is 2.96. The van der Waals surface area contributed by atoms with Crippen molar-refractivity contribution in [1.82, 2.24) is 10.2 Å². The third-order valence-corrected chi connectivity index (χ3v) is 1.78. The van der Waals surface area contributed by atoms with Crippen molar-refractivity contribution in [3.63, 3.8) is 0 Å². The summed E-state index contributed by atoms with van der Waals surface area (Å²) in [6, 6.07) is 0. The molecular formula is C9H13N3O. The van der Waals surface area contributed by atoms with Crippen molar-refractivity contribution in [2.75, 3.05) is 0 Å². The second-order valence-electron chi connectivity index (χ2n) is 3.93. The van der Waals surface area contributed by atoms with E-state index in [1.165, 1.54) is 6.08 Å². The van der Waals surface area contributed by atoms with E-state index >= 15 is 0 Å². The van der Waals surface area contributed by atoms with Gasteiger partial charge in [0, 0.05) is 16.7 Å². The fourth-order valence-corrected chi connectivity index (χ4v) is 1.20. The third kappa shape index (κ3) is 2.26. The quantitative estimate of drug-likeness (QED) is 0.553. The summed E-state index contributed by atoms with van der Waals surface area (Å²) in [6.45, 7) is 6.59. The maximum absolute atomic E-state index is 9.94. The molecule has 1 heterocycles. The molecule has 0 aromatic carbocycles.